The molecule has 0 bridgehead atoms. The van der Waals surface area contributed by atoms with Crippen molar-refractivity contribution in [2.45, 2.75) is 13.0 Å². The highest BCUT2D eigenvalue weighted by molar-refractivity contribution is 5.84. The zero-order chi connectivity index (χ0) is 13.2. The topological polar surface area (TPSA) is 33.1 Å². The average Bonchev–Trinajstić information content (AvgIpc) is 2.47. The number of aliphatic hydroxyl groups is 1. The van der Waals surface area contributed by atoms with Crippen LogP contribution < -0.4 is 0 Å². The molecule has 3 aromatic rings. The van der Waals surface area contributed by atoms with Gasteiger partial charge in [0.1, 0.15) is 6.10 Å². The Kier molecular flexibility index (Phi) is 3.02. The Morgan fingerprint density at radius 1 is 0.947 bits per heavy atom. The molecule has 19 heavy (non-hydrogen) atoms. The van der Waals surface area contributed by atoms with Gasteiger partial charge in [0.15, 0.2) is 0 Å². The summed E-state index contributed by atoms with van der Waals surface area (Å²) in [5, 5.41) is 12.6. The van der Waals surface area contributed by atoms with E-state index < -0.39 is 6.10 Å². The zero-order valence-electron chi connectivity index (χ0n) is 10.7. The minimum atomic E-state index is -0.688. The number of aliphatic hydroxyl groups excluding tert-OH is 1. The van der Waals surface area contributed by atoms with Gasteiger partial charge in [0.05, 0.1) is 5.69 Å². The number of fused-ring (bicyclic) bond motifs is 1. The molecular weight excluding hydrogens is 234 g/mol. The van der Waals surface area contributed by atoms with Crippen molar-refractivity contribution in [2.75, 3.05) is 0 Å². The van der Waals surface area contributed by atoms with Gasteiger partial charge in [0.25, 0.3) is 0 Å². The van der Waals surface area contributed by atoms with Gasteiger partial charge in [0.2, 0.25) is 0 Å². The predicted octanol–water partition coefficient (Wildman–Crippen LogP) is 3.62. The summed E-state index contributed by atoms with van der Waals surface area (Å²) in [4.78, 5) is 4.36. The molecular formula is C17H15NO. The maximum absolute atomic E-state index is 10.5. The first-order chi connectivity index (χ1) is 9.25. The number of hydrogen-bond acceptors (Lipinski definition) is 2. The first-order valence-corrected chi connectivity index (χ1v) is 6.34. The molecule has 0 aliphatic heterocycles. The highest BCUT2D eigenvalue weighted by Gasteiger charge is 2.14. The summed E-state index contributed by atoms with van der Waals surface area (Å²) in [7, 11) is 0. The van der Waals surface area contributed by atoms with Gasteiger partial charge in [-0.15, -0.1) is 0 Å². The van der Waals surface area contributed by atoms with Crippen molar-refractivity contribution in [3.8, 4) is 0 Å². The van der Waals surface area contributed by atoms with E-state index in [2.05, 4.69) is 4.98 Å². The van der Waals surface area contributed by atoms with Crippen LogP contribution in [0.4, 0.5) is 0 Å². The van der Waals surface area contributed by atoms with Crippen molar-refractivity contribution in [2.24, 2.45) is 0 Å². The number of pyridine rings is 1. The normalized spacial score (nSPS) is 12.5. The Morgan fingerprint density at radius 3 is 2.47 bits per heavy atom. The molecule has 2 heteroatoms. The van der Waals surface area contributed by atoms with E-state index in [1.54, 1.807) is 6.20 Å². The molecule has 0 aliphatic rings. The lowest BCUT2D eigenvalue weighted by atomic mass is 10.0. The number of rotatable bonds is 2. The fourth-order valence-electron chi connectivity index (χ4n) is 2.27. The molecule has 3 rings (SSSR count). The molecule has 94 valence electrons. The number of aromatic nitrogens is 1. The van der Waals surface area contributed by atoms with Crippen LogP contribution >= 0.6 is 0 Å². The molecule has 1 atom stereocenters. The quantitative estimate of drug-likeness (QED) is 0.752. The van der Waals surface area contributed by atoms with Crippen LogP contribution in [0.25, 0.3) is 10.8 Å². The Bertz CT molecular complexity index is 699. The van der Waals surface area contributed by atoms with Crippen molar-refractivity contribution < 1.29 is 5.11 Å². The molecule has 2 aromatic carbocycles. The van der Waals surface area contributed by atoms with Crippen LogP contribution in [0, 0.1) is 6.92 Å². The monoisotopic (exact) mass is 249 g/mol. The zero-order valence-corrected chi connectivity index (χ0v) is 10.7. The number of aryl methyl sites for hydroxylation is 1. The third-order valence-electron chi connectivity index (χ3n) is 3.36. The van der Waals surface area contributed by atoms with Gasteiger partial charge in [-0.25, -0.2) is 0 Å². The first kappa shape index (κ1) is 11.9. The average molecular weight is 249 g/mol. The lowest BCUT2D eigenvalue weighted by molar-refractivity contribution is 0.217. The lowest BCUT2D eigenvalue weighted by Gasteiger charge is -2.13. The van der Waals surface area contributed by atoms with Crippen molar-refractivity contribution in [3.05, 3.63) is 77.6 Å². The smallest absolute Gasteiger partial charge is 0.122 e. The molecule has 0 fully saturated rings. The van der Waals surface area contributed by atoms with E-state index in [9.17, 15) is 5.11 Å². The number of benzene rings is 2. The number of hydrogen-bond donors (Lipinski definition) is 1. The third kappa shape index (κ3) is 2.23. The lowest BCUT2D eigenvalue weighted by Crippen LogP contribution is -2.03. The summed E-state index contributed by atoms with van der Waals surface area (Å²) < 4.78 is 0. The Morgan fingerprint density at radius 2 is 1.68 bits per heavy atom. The third-order valence-corrected chi connectivity index (χ3v) is 3.36. The van der Waals surface area contributed by atoms with E-state index >= 15 is 0 Å². The second kappa shape index (κ2) is 4.82. The van der Waals surface area contributed by atoms with Crippen LogP contribution in [0.1, 0.15) is 22.9 Å². The summed E-state index contributed by atoms with van der Waals surface area (Å²) in [6.45, 7) is 2.03. The summed E-state index contributed by atoms with van der Waals surface area (Å²) in [5.41, 5.74) is 2.76. The van der Waals surface area contributed by atoms with E-state index in [1.165, 1.54) is 5.56 Å². The van der Waals surface area contributed by atoms with Crippen molar-refractivity contribution in [1.29, 1.82) is 0 Å². The van der Waals surface area contributed by atoms with Crippen LogP contribution in [0.2, 0.25) is 0 Å². The first-order valence-electron chi connectivity index (χ1n) is 6.34. The Balaban J connectivity index is 2.11. The molecule has 1 N–H and O–H groups in total. The van der Waals surface area contributed by atoms with E-state index in [1.807, 2.05) is 61.5 Å². The Hall–Kier alpha value is -2.19. The van der Waals surface area contributed by atoms with E-state index in [0.29, 0.717) is 5.69 Å². The molecule has 0 radical (unpaired) electrons. The van der Waals surface area contributed by atoms with Crippen LogP contribution in [-0.4, -0.2) is 10.1 Å². The highest BCUT2D eigenvalue weighted by Crippen LogP contribution is 2.26. The Labute approximate surface area is 112 Å². The summed E-state index contributed by atoms with van der Waals surface area (Å²) in [6.07, 6.45) is 1.06. The minimum absolute atomic E-state index is 0.688. The van der Waals surface area contributed by atoms with E-state index in [-0.39, 0.29) is 0 Å². The summed E-state index contributed by atoms with van der Waals surface area (Å²) in [6, 6.07) is 17.8. The second-order valence-electron chi connectivity index (χ2n) is 4.73. The molecule has 0 saturated heterocycles. The molecule has 1 heterocycles. The van der Waals surface area contributed by atoms with Gasteiger partial charge in [0, 0.05) is 11.6 Å². The largest absolute Gasteiger partial charge is 0.382 e. The molecule has 0 amide bonds. The van der Waals surface area contributed by atoms with Gasteiger partial charge in [-0.3, -0.25) is 4.98 Å². The van der Waals surface area contributed by atoms with E-state index in [4.69, 9.17) is 0 Å². The molecule has 0 unspecified atom stereocenters. The van der Waals surface area contributed by atoms with Crippen LogP contribution in [-0.2, 0) is 0 Å². The van der Waals surface area contributed by atoms with Crippen molar-refractivity contribution in [3.63, 3.8) is 0 Å². The fraction of sp³-hybridized carbons (Fsp3) is 0.118. The molecule has 1 aromatic heterocycles. The maximum Gasteiger partial charge on any atom is 0.122 e. The number of nitrogens with zero attached hydrogens (tertiary/aromatic N) is 1. The second-order valence-corrected chi connectivity index (χ2v) is 4.73. The molecule has 0 aliphatic carbocycles. The van der Waals surface area contributed by atoms with Gasteiger partial charge in [-0.2, -0.15) is 0 Å². The van der Waals surface area contributed by atoms with Gasteiger partial charge < -0.3 is 5.11 Å². The van der Waals surface area contributed by atoms with E-state index in [0.717, 1.165) is 16.3 Å². The fourth-order valence-corrected chi connectivity index (χ4v) is 2.27. The van der Waals surface area contributed by atoms with Gasteiger partial charge in [-0.05, 0) is 23.9 Å². The highest BCUT2D eigenvalue weighted by atomic mass is 16.3. The molecule has 0 spiro atoms. The molecule has 2 nitrogen and oxygen atoms in total. The van der Waals surface area contributed by atoms with Gasteiger partial charge in [-0.1, -0.05) is 54.1 Å². The molecule has 0 saturated carbocycles. The van der Waals surface area contributed by atoms with Gasteiger partial charge >= 0.3 is 0 Å². The van der Waals surface area contributed by atoms with Crippen molar-refractivity contribution >= 4 is 10.8 Å². The summed E-state index contributed by atoms with van der Waals surface area (Å²) >= 11 is 0. The minimum Gasteiger partial charge on any atom is -0.382 e. The predicted molar refractivity (Wildman–Crippen MR) is 77.0 cm³/mol. The SMILES string of the molecule is Cc1ccc([C@@H](O)c2nccc3ccccc23)cc1. The van der Waals surface area contributed by atoms with Crippen LogP contribution in [0.5, 0.6) is 0 Å². The van der Waals surface area contributed by atoms with Crippen LogP contribution in [0.3, 0.4) is 0 Å². The summed E-state index contributed by atoms with van der Waals surface area (Å²) in [5.74, 6) is 0. The maximum atomic E-state index is 10.5. The standard InChI is InChI=1S/C17H15NO/c1-12-6-8-14(9-7-12)17(19)16-15-5-3-2-4-13(15)10-11-18-16/h2-11,17,19H,1H3/t17-/m1/s1. The van der Waals surface area contributed by atoms with Crippen LogP contribution in [0.15, 0.2) is 60.8 Å². The van der Waals surface area contributed by atoms with Crippen molar-refractivity contribution in [1.82, 2.24) is 4.98 Å².